The standard InChI is InChI=1S/C8H10N4O/c1-3-9-7-6-4-10-13-8(6)12-5(2)11-7/h4H,3H2,1-2H3,(H,9,11,12). The Kier molecular flexibility index (Phi) is 1.84. The van der Waals surface area contributed by atoms with Crippen LogP contribution >= 0.6 is 0 Å². The van der Waals surface area contributed by atoms with Crippen molar-refractivity contribution in [1.29, 1.82) is 0 Å². The van der Waals surface area contributed by atoms with E-state index in [0.29, 0.717) is 11.5 Å². The molecule has 0 fully saturated rings. The van der Waals surface area contributed by atoms with Crippen LogP contribution in [0.4, 0.5) is 5.82 Å². The summed E-state index contributed by atoms with van der Waals surface area (Å²) >= 11 is 0. The minimum atomic E-state index is 0.531. The Labute approximate surface area is 75.2 Å². The van der Waals surface area contributed by atoms with Gasteiger partial charge < -0.3 is 9.84 Å². The van der Waals surface area contributed by atoms with E-state index in [2.05, 4.69) is 20.4 Å². The third-order valence-electron chi connectivity index (χ3n) is 1.69. The van der Waals surface area contributed by atoms with Gasteiger partial charge in [0, 0.05) is 6.54 Å². The molecule has 68 valence electrons. The summed E-state index contributed by atoms with van der Waals surface area (Å²) in [5, 5.41) is 7.62. The molecule has 0 spiro atoms. The highest BCUT2D eigenvalue weighted by Crippen LogP contribution is 2.18. The maximum atomic E-state index is 4.94. The fraction of sp³-hybridized carbons (Fsp3) is 0.375. The summed E-state index contributed by atoms with van der Waals surface area (Å²) in [5.74, 6) is 1.46. The van der Waals surface area contributed by atoms with Gasteiger partial charge in [-0.1, -0.05) is 5.16 Å². The highest BCUT2D eigenvalue weighted by Gasteiger charge is 2.07. The van der Waals surface area contributed by atoms with Crippen molar-refractivity contribution in [2.75, 3.05) is 11.9 Å². The predicted molar refractivity (Wildman–Crippen MR) is 48.5 cm³/mol. The number of nitrogens with zero attached hydrogens (tertiary/aromatic N) is 3. The van der Waals surface area contributed by atoms with Crippen molar-refractivity contribution >= 4 is 16.9 Å². The molecule has 0 atom stereocenters. The van der Waals surface area contributed by atoms with Gasteiger partial charge in [-0.2, -0.15) is 4.98 Å². The molecule has 0 aromatic carbocycles. The second-order valence-corrected chi connectivity index (χ2v) is 2.69. The van der Waals surface area contributed by atoms with Gasteiger partial charge >= 0.3 is 0 Å². The normalized spacial score (nSPS) is 10.6. The number of aromatic nitrogens is 3. The van der Waals surface area contributed by atoms with Crippen LogP contribution in [0.2, 0.25) is 0 Å². The fourth-order valence-corrected chi connectivity index (χ4v) is 1.17. The van der Waals surface area contributed by atoms with Gasteiger partial charge in [-0.3, -0.25) is 0 Å². The lowest BCUT2D eigenvalue weighted by atomic mass is 10.4. The summed E-state index contributed by atoms with van der Waals surface area (Å²) in [5.41, 5.74) is 0.531. The Morgan fingerprint density at radius 2 is 2.31 bits per heavy atom. The molecular weight excluding hydrogens is 168 g/mol. The van der Waals surface area contributed by atoms with Crippen molar-refractivity contribution in [3.05, 3.63) is 12.0 Å². The van der Waals surface area contributed by atoms with Gasteiger partial charge in [-0.25, -0.2) is 4.98 Å². The first kappa shape index (κ1) is 7.97. The zero-order valence-corrected chi connectivity index (χ0v) is 7.53. The Hall–Kier alpha value is -1.65. The Bertz CT molecular complexity index is 423. The highest BCUT2D eigenvalue weighted by molar-refractivity contribution is 5.84. The lowest BCUT2D eigenvalue weighted by Crippen LogP contribution is -2.01. The lowest BCUT2D eigenvalue weighted by Gasteiger charge is -2.02. The molecule has 1 N–H and O–H groups in total. The van der Waals surface area contributed by atoms with E-state index in [1.165, 1.54) is 0 Å². The molecule has 0 aliphatic carbocycles. The van der Waals surface area contributed by atoms with Gasteiger partial charge in [0.15, 0.2) is 0 Å². The number of anilines is 1. The third-order valence-corrected chi connectivity index (χ3v) is 1.69. The molecular formula is C8H10N4O. The molecule has 0 saturated heterocycles. The van der Waals surface area contributed by atoms with Gasteiger partial charge in [-0.05, 0) is 13.8 Å². The monoisotopic (exact) mass is 178 g/mol. The molecule has 0 saturated carbocycles. The highest BCUT2D eigenvalue weighted by atomic mass is 16.5. The molecule has 13 heavy (non-hydrogen) atoms. The smallest absolute Gasteiger partial charge is 0.263 e. The van der Waals surface area contributed by atoms with E-state index in [-0.39, 0.29) is 0 Å². The molecule has 2 rings (SSSR count). The van der Waals surface area contributed by atoms with E-state index < -0.39 is 0 Å². The van der Waals surface area contributed by atoms with Crippen molar-refractivity contribution < 1.29 is 4.52 Å². The average molecular weight is 178 g/mol. The minimum Gasteiger partial charge on any atom is -0.370 e. The molecule has 0 bridgehead atoms. The topological polar surface area (TPSA) is 63.8 Å². The summed E-state index contributed by atoms with van der Waals surface area (Å²) < 4.78 is 4.94. The van der Waals surface area contributed by atoms with Gasteiger partial charge in [0.2, 0.25) is 0 Å². The van der Waals surface area contributed by atoms with Crippen molar-refractivity contribution in [2.45, 2.75) is 13.8 Å². The number of aryl methyl sites for hydroxylation is 1. The minimum absolute atomic E-state index is 0.531. The number of hydrogen-bond acceptors (Lipinski definition) is 5. The molecule has 0 unspecified atom stereocenters. The summed E-state index contributed by atoms with van der Waals surface area (Å²) in [6, 6.07) is 0. The zero-order valence-electron chi connectivity index (χ0n) is 7.53. The average Bonchev–Trinajstić information content (AvgIpc) is 2.52. The van der Waals surface area contributed by atoms with E-state index in [4.69, 9.17) is 4.52 Å². The molecule has 2 aromatic heterocycles. The molecule has 2 aromatic rings. The van der Waals surface area contributed by atoms with E-state index in [1.807, 2.05) is 13.8 Å². The van der Waals surface area contributed by atoms with Crippen molar-refractivity contribution in [3.8, 4) is 0 Å². The SMILES string of the molecule is CCNc1nc(C)nc2oncc12. The fourth-order valence-electron chi connectivity index (χ4n) is 1.17. The molecule has 0 aliphatic heterocycles. The second kappa shape index (κ2) is 3.01. The van der Waals surface area contributed by atoms with Gasteiger partial charge in [0.05, 0.1) is 6.20 Å². The number of nitrogens with one attached hydrogen (secondary N) is 1. The van der Waals surface area contributed by atoms with Crippen LogP contribution in [0, 0.1) is 6.92 Å². The number of hydrogen-bond donors (Lipinski definition) is 1. The van der Waals surface area contributed by atoms with Crippen molar-refractivity contribution in [1.82, 2.24) is 15.1 Å². The second-order valence-electron chi connectivity index (χ2n) is 2.69. The first-order valence-electron chi connectivity index (χ1n) is 4.14. The third kappa shape index (κ3) is 1.32. The van der Waals surface area contributed by atoms with E-state index in [1.54, 1.807) is 6.20 Å². The van der Waals surface area contributed by atoms with Crippen LogP contribution in [-0.2, 0) is 0 Å². The van der Waals surface area contributed by atoms with Crippen LogP contribution in [0.1, 0.15) is 12.7 Å². The van der Waals surface area contributed by atoms with E-state index in [9.17, 15) is 0 Å². The summed E-state index contributed by atoms with van der Waals surface area (Å²) in [6.45, 7) is 4.65. The maximum absolute atomic E-state index is 4.94. The number of rotatable bonds is 2. The van der Waals surface area contributed by atoms with Crippen molar-refractivity contribution in [2.24, 2.45) is 0 Å². The van der Waals surface area contributed by atoms with Crippen LogP contribution in [-0.4, -0.2) is 21.7 Å². The Balaban J connectivity index is 2.63. The first-order chi connectivity index (χ1) is 6.31. The van der Waals surface area contributed by atoms with Crippen LogP contribution in [0.25, 0.3) is 11.1 Å². The van der Waals surface area contributed by atoms with Crippen LogP contribution in [0.15, 0.2) is 10.7 Å². The Morgan fingerprint density at radius 3 is 3.08 bits per heavy atom. The predicted octanol–water partition coefficient (Wildman–Crippen LogP) is 1.36. The molecule has 0 amide bonds. The van der Waals surface area contributed by atoms with Gasteiger partial charge in [-0.15, -0.1) is 0 Å². The molecule has 5 heteroatoms. The van der Waals surface area contributed by atoms with Crippen LogP contribution in [0.3, 0.4) is 0 Å². The van der Waals surface area contributed by atoms with Crippen LogP contribution in [0.5, 0.6) is 0 Å². The first-order valence-corrected chi connectivity index (χ1v) is 4.14. The molecule has 0 radical (unpaired) electrons. The zero-order chi connectivity index (χ0) is 9.26. The largest absolute Gasteiger partial charge is 0.370 e. The molecule has 5 nitrogen and oxygen atoms in total. The van der Waals surface area contributed by atoms with Crippen molar-refractivity contribution in [3.63, 3.8) is 0 Å². The maximum Gasteiger partial charge on any atom is 0.263 e. The quantitative estimate of drug-likeness (QED) is 0.752. The van der Waals surface area contributed by atoms with Gasteiger partial charge in [0.25, 0.3) is 5.71 Å². The van der Waals surface area contributed by atoms with E-state index >= 15 is 0 Å². The summed E-state index contributed by atoms with van der Waals surface area (Å²) in [7, 11) is 0. The van der Waals surface area contributed by atoms with E-state index in [0.717, 1.165) is 17.7 Å². The lowest BCUT2D eigenvalue weighted by molar-refractivity contribution is 0.448. The summed E-state index contributed by atoms with van der Waals surface area (Å²) in [6.07, 6.45) is 1.62. The molecule has 0 aliphatic rings. The Morgan fingerprint density at radius 1 is 1.46 bits per heavy atom. The van der Waals surface area contributed by atoms with Crippen LogP contribution < -0.4 is 5.32 Å². The molecule has 2 heterocycles. The van der Waals surface area contributed by atoms with Gasteiger partial charge in [0.1, 0.15) is 17.0 Å². The summed E-state index contributed by atoms with van der Waals surface area (Å²) in [4.78, 5) is 8.34. The number of fused-ring (bicyclic) bond motifs is 1.